The third kappa shape index (κ3) is 2.77. The normalized spacial score (nSPS) is 15.6. The van der Waals surface area contributed by atoms with Crippen LogP contribution in [0, 0.1) is 0 Å². The second-order valence-corrected chi connectivity index (χ2v) is 5.11. The van der Waals surface area contributed by atoms with Crippen molar-refractivity contribution in [2.45, 2.75) is 32.2 Å². The van der Waals surface area contributed by atoms with Gasteiger partial charge >= 0.3 is 0 Å². The van der Waals surface area contributed by atoms with Crippen molar-refractivity contribution in [3.63, 3.8) is 0 Å². The van der Waals surface area contributed by atoms with Gasteiger partial charge < -0.3 is 10.1 Å². The number of nitrogens with zero attached hydrogens (tertiary/aromatic N) is 1. The van der Waals surface area contributed by atoms with Crippen molar-refractivity contribution in [3.05, 3.63) is 16.1 Å². The summed E-state index contributed by atoms with van der Waals surface area (Å²) in [6.07, 6.45) is 0. The van der Waals surface area contributed by atoms with Gasteiger partial charge in [0, 0.05) is 12.5 Å². The van der Waals surface area contributed by atoms with Crippen molar-refractivity contribution in [3.8, 4) is 0 Å². The summed E-state index contributed by atoms with van der Waals surface area (Å²) in [5.41, 5.74) is 0.986. The Hall–Kier alpha value is -0.450. The molecule has 1 N–H and O–H groups in total. The fourth-order valence-electron chi connectivity index (χ4n) is 1.33. The average Bonchev–Trinajstić information content (AvgIpc) is 2.67. The van der Waals surface area contributed by atoms with E-state index in [1.54, 1.807) is 18.4 Å². The maximum absolute atomic E-state index is 5.23. The first kappa shape index (κ1) is 12.6. The lowest BCUT2D eigenvalue weighted by Gasteiger charge is -2.25. The molecule has 0 saturated carbocycles. The molecule has 4 heteroatoms. The summed E-state index contributed by atoms with van der Waals surface area (Å²) in [6.45, 7) is 7.06. The Labute approximate surface area is 95.9 Å². The number of hydrogen-bond donors (Lipinski definition) is 1. The summed E-state index contributed by atoms with van der Waals surface area (Å²) >= 11 is 1.70. The van der Waals surface area contributed by atoms with Crippen molar-refractivity contribution >= 4 is 11.3 Å². The summed E-state index contributed by atoms with van der Waals surface area (Å²) in [7, 11) is 3.65. The van der Waals surface area contributed by atoms with Crippen LogP contribution < -0.4 is 5.32 Å². The van der Waals surface area contributed by atoms with Crippen LogP contribution in [0.4, 0.5) is 0 Å². The van der Waals surface area contributed by atoms with Crippen LogP contribution in [0.2, 0.25) is 0 Å². The largest absolute Gasteiger partial charge is 0.382 e. The average molecular weight is 228 g/mol. The molecule has 0 aliphatic heterocycles. The quantitative estimate of drug-likeness (QED) is 0.840. The first-order valence-corrected chi connectivity index (χ1v) is 6.05. The van der Waals surface area contributed by atoms with Crippen LogP contribution >= 0.6 is 11.3 Å². The molecule has 3 nitrogen and oxygen atoms in total. The molecule has 0 aromatic carbocycles. The van der Waals surface area contributed by atoms with Gasteiger partial charge in [0.2, 0.25) is 0 Å². The Morgan fingerprint density at radius 1 is 1.60 bits per heavy atom. The van der Waals surface area contributed by atoms with E-state index in [1.807, 2.05) is 7.05 Å². The Morgan fingerprint density at radius 3 is 2.67 bits per heavy atom. The predicted octanol–water partition coefficient (Wildman–Crippen LogP) is 2.35. The third-order valence-corrected chi connectivity index (χ3v) is 3.69. The number of thiazole rings is 1. The highest BCUT2D eigenvalue weighted by Gasteiger charge is 2.28. The molecule has 86 valence electrons. The Bertz CT molecular complexity index is 311. The SMILES string of the molecule is CNC(C)(COC)c1nc(C(C)C)cs1. The van der Waals surface area contributed by atoms with Crippen LogP contribution in [-0.4, -0.2) is 25.7 Å². The van der Waals surface area contributed by atoms with Gasteiger partial charge in [0.05, 0.1) is 17.8 Å². The van der Waals surface area contributed by atoms with E-state index in [0.29, 0.717) is 12.5 Å². The molecule has 1 aromatic heterocycles. The molecule has 0 saturated heterocycles. The zero-order chi connectivity index (χ0) is 11.5. The molecule has 1 atom stereocenters. The van der Waals surface area contributed by atoms with E-state index >= 15 is 0 Å². The fraction of sp³-hybridized carbons (Fsp3) is 0.727. The zero-order valence-corrected chi connectivity index (χ0v) is 10.9. The molecule has 1 aromatic rings. The molecule has 0 aliphatic carbocycles. The fourth-order valence-corrected chi connectivity index (χ4v) is 2.47. The van der Waals surface area contributed by atoms with Gasteiger partial charge in [-0.2, -0.15) is 0 Å². The Balaban J connectivity index is 2.92. The highest BCUT2D eigenvalue weighted by molar-refractivity contribution is 7.09. The molecular weight excluding hydrogens is 208 g/mol. The number of hydrogen-bond acceptors (Lipinski definition) is 4. The maximum atomic E-state index is 5.23. The van der Waals surface area contributed by atoms with Gasteiger partial charge in [-0.05, 0) is 19.9 Å². The second-order valence-electron chi connectivity index (χ2n) is 4.25. The van der Waals surface area contributed by atoms with E-state index in [9.17, 15) is 0 Å². The van der Waals surface area contributed by atoms with Crippen molar-refractivity contribution in [2.75, 3.05) is 20.8 Å². The molecule has 15 heavy (non-hydrogen) atoms. The lowest BCUT2D eigenvalue weighted by atomic mass is 10.1. The molecular formula is C11H20N2OS. The topological polar surface area (TPSA) is 34.1 Å². The van der Waals surface area contributed by atoms with Crippen molar-refractivity contribution in [1.82, 2.24) is 10.3 Å². The van der Waals surface area contributed by atoms with Crippen LogP contribution in [0.1, 0.15) is 37.4 Å². The molecule has 0 radical (unpaired) electrons. The molecule has 0 spiro atoms. The molecule has 1 rings (SSSR count). The monoisotopic (exact) mass is 228 g/mol. The zero-order valence-electron chi connectivity index (χ0n) is 10.1. The Morgan fingerprint density at radius 2 is 2.27 bits per heavy atom. The number of methoxy groups -OCH3 is 1. The molecule has 0 bridgehead atoms. The second kappa shape index (κ2) is 5.05. The summed E-state index contributed by atoms with van der Waals surface area (Å²) in [5.74, 6) is 0.485. The molecule has 0 aliphatic rings. The Kier molecular flexibility index (Phi) is 4.25. The predicted molar refractivity (Wildman–Crippen MR) is 64.5 cm³/mol. The standard InChI is InChI=1S/C11H20N2OS/c1-8(2)9-6-15-10(13-9)11(3,12-4)7-14-5/h6,8,12H,7H2,1-5H3. The van der Waals surface area contributed by atoms with E-state index in [-0.39, 0.29) is 5.54 Å². The van der Waals surface area contributed by atoms with Crippen molar-refractivity contribution in [2.24, 2.45) is 0 Å². The van der Waals surface area contributed by atoms with Crippen molar-refractivity contribution < 1.29 is 4.74 Å². The van der Waals surface area contributed by atoms with Gasteiger partial charge in [-0.1, -0.05) is 13.8 Å². The maximum Gasteiger partial charge on any atom is 0.115 e. The van der Waals surface area contributed by atoms with E-state index in [1.165, 1.54) is 0 Å². The number of nitrogens with one attached hydrogen (secondary N) is 1. The van der Waals surface area contributed by atoms with E-state index in [4.69, 9.17) is 4.74 Å². The molecule has 1 heterocycles. The number of aromatic nitrogens is 1. The van der Waals surface area contributed by atoms with E-state index < -0.39 is 0 Å². The van der Waals surface area contributed by atoms with Crippen LogP contribution in [0.5, 0.6) is 0 Å². The van der Waals surface area contributed by atoms with Crippen LogP contribution in [0.15, 0.2) is 5.38 Å². The van der Waals surface area contributed by atoms with Gasteiger partial charge in [0.1, 0.15) is 5.01 Å². The lowest BCUT2D eigenvalue weighted by molar-refractivity contribution is 0.123. The van der Waals surface area contributed by atoms with Gasteiger partial charge in [-0.15, -0.1) is 11.3 Å². The molecule has 0 fully saturated rings. The summed E-state index contributed by atoms with van der Waals surface area (Å²) in [4.78, 5) is 4.65. The first-order chi connectivity index (χ1) is 7.03. The highest BCUT2D eigenvalue weighted by atomic mass is 32.1. The number of likely N-dealkylation sites (N-methyl/N-ethyl adjacent to an activating group) is 1. The smallest absolute Gasteiger partial charge is 0.115 e. The minimum absolute atomic E-state index is 0.174. The lowest BCUT2D eigenvalue weighted by Crippen LogP contribution is -2.41. The van der Waals surface area contributed by atoms with Crippen LogP contribution in [-0.2, 0) is 10.3 Å². The minimum Gasteiger partial charge on any atom is -0.382 e. The van der Waals surface area contributed by atoms with Gasteiger partial charge in [0.15, 0.2) is 0 Å². The van der Waals surface area contributed by atoms with E-state index in [0.717, 1.165) is 10.7 Å². The van der Waals surface area contributed by atoms with Crippen molar-refractivity contribution in [1.29, 1.82) is 0 Å². The summed E-state index contributed by atoms with van der Waals surface area (Å²) in [6, 6.07) is 0. The highest BCUT2D eigenvalue weighted by Crippen LogP contribution is 2.27. The van der Waals surface area contributed by atoms with Crippen LogP contribution in [0.3, 0.4) is 0 Å². The third-order valence-electron chi connectivity index (χ3n) is 2.57. The van der Waals surface area contributed by atoms with Gasteiger partial charge in [-0.25, -0.2) is 4.98 Å². The first-order valence-electron chi connectivity index (χ1n) is 5.17. The van der Waals surface area contributed by atoms with Gasteiger partial charge in [0.25, 0.3) is 0 Å². The summed E-state index contributed by atoms with van der Waals surface area (Å²) < 4.78 is 5.23. The van der Waals surface area contributed by atoms with Gasteiger partial charge in [-0.3, -0.25) is 0 Å². The number of ether oxygens (including phenoxy) is 1. The minimum atomic E-state index is -0.174. The summed E-state index contributed by atoms with van der Waals surface area (Å²) in [5, 5.41) is 6.49. The molecule has 0 amide bonds. The molecule has 1 unspecified atom stereocenters. The number of rotatable bonds is 5. The van der Waals surface area contributed by atoms with Crippen LogP contribution in [0.25, 0.3) is 0 Å². The van der Waals surface area contributed by atoms with E-state index in [2.05, 4.69) is 36.5 Å².